The highest BCUT2D eigenvalue weighted by molar-refractivity contribution is 4.99. The molecule has 0 spiro atoms. The Hall–Kier alpha value is -0.340. The summed E-state index contributed by atoms with van der Waals surface area (Å²) < 4.78 is 5.65. The van der Waals surface area contributed by atoms with Gasteiger partial charge in [-0.05, 0) is 38.6 Å². The summed E-state index contributed by atoms with van der Waals surface area (Å²) in [5, 5.41) is 3.52. The lowest BCUT2D eigenvalue weighted by molar-refractivity contribution is 0.0463. The van der Waals surface area contributed by atoms with Crippen LogP contribution in [0.15, 0.2) is 12.2 Å². The Morgan fingerprint density at radius 1 is 1.00 bits per heavy atom. The molecule has 0 saturated carbocycles. The van der Waals surface area contributed by atoms with Gasteiger partial charge in [-0.15, -0.1) is 0 Å². The smallest absolute Gasteiger partial charge is 0.0756 e. The summed E-state index contributed by atoms with van der Waals surface area (Å²) in [4.78, 5) is 0. The van der Waals surface area contributed by atoms with Crippen molar-refractivity contribution in [3.63, 3.8) is 0 Å². The van der Waals surface area contributed by atoms with E-state index in [-0.39, 0.29) is 0 Å². The molecular weight excluding hydrogens is 174 g/mol. The second-order valence-electron chi connectivity index (χ2n) is 4.35. The van der Waals surface area contributed by atoms with Crippen LogP contribution in [0.2, 0.25) is 0 Å². The van der Waals surface area contributed by atoms with E-state index in [0.29, 0.717) is 12.1 Å². The molecule has 2 unspecified atom stereocenters. The van der Waals surface area contributed by atoms with Crippen molar-refractivity contribution in [2.24, 2.45) is 0 Å². The zero-order chi connectivity index (χ0) is 9.64. The maximum Gasteiger partial charge on any atom is 0.0756 e. The van der Waals surface area contributed by atoms with Gasteiger partial charge in [0.1, 0.15) is 0 Å². The van der Waals surface area contributed by atoms with Gasteiger partial charge in [0.15, 0.2) is 0 Å². The highest BCUT2D eigenvalue weighted by atomic mass is 16.5. The molecule has 0 radical (unpaired) electrons. The van der Waals surface area contributed by atoms with Crippen molar-refractivity contribution < 1.29 is 4.74 Å². The van der Waals surface area contributed by atoms with Gasteiger partial charge in [-0.25, -0.2) is 0 Å². The molecule has 2 saturated heterocycles. The molecule has 0 amide bonds. The van der Waals surface area contributed by atoms with E-state index in [1.54, 1.807) is 0 Å². The van der Waals surface area contributed by atoms with Crippen LogP contribution in [0.3, 0.4) is 0 Å². The van der Waals surface area contributed by atoms with Gasteiger partial charge in [-0.2, -0.15) is 0 Å². The van der Waals surface area contributed by atoms with Gasteiger partial charge in [0, 0.05) is 12.6 Å². The minimum atomic E-state index is 0.396. The lowest BCUT2D eigenvalue weighted by atomic mass is 10.0. The largest absolute Gasteiger partial charge is 0.374 e. The Labute approximate surface area is 86.7 Å². The molecule has 0 bridgehead atoms. The van der Waals surface area contributed by atoms with Crippen molar-refractivity contribution in [3.05, 3.63) is 12.2 Å². The first kappa shape index (κ1) is 10.2. The zero-order valence-electron chi connectivity index (χ0n) is 8.87. The minimum absolute atomic E-state index is 0.396. The molecule has 2 atom stereocenters. The van der Waals surface area contributed by atoms with Crippen molar-refractivity contribution >= 4 is 0 Å². The van der Waals surface area contributed by atoms with E-state index < -0.39 is 0 Å². The molecule has 2 heteroatoms. The average Bonchev–Trinajstić information content (AvgIpc) is 2.29. The van der Waals surface area contributed by atoms with Crippen LogP contribution in [0.25, 0.3) is 0 Å². The van der Waals surface area contributed by atoms with Crippen LogP contribution in [-0.4, -0.2) is 25.3 Å². The molecule has 2 nitrogen and oxygen atoms in total. The molecule has 2 heterocycles. The lowest BCUT2D eigenvalue weighted by Crippen LogP contribution is -2.32. The summed E-state index contributed by atoms with van der Waals surface area (Å²) in [7, 11) is 0. The van der Waals surface area contributed by atoms with E-state index in [9.17, 15) is 0 Å². The Morgan fingerprint density at radius 2 is 1.93 bits per heavy atom. The van der Waals surface area contributed by atoms with Gasteiger partial charge < -0.3 is 10.1 Å². The molecule has 80 valence electrons. The third-order valence-corrected chi connectivity index (χ3v) is 3.12. The van der Waals surface area contributed by atoms with Crippen molar-refractivity contribution in [1.29, 1.82) is 0 Å². The summed E-state index contributed by atoms with van der Waals surface area (Å²) in [5.74, 6) is 0. The first-order valence-corrected chi connectivity index (χ1v) is 5.98. The molecule has 0 aliphatic carbocycles. The molecule has 0 aromatic rings. The summed E-state index contributed by atoms with van der Waals surface area (Å²) >= 11 is 0. The second kappa shape index (κ2) is 5.52. The van der Waals surface area contributed by atoms with Gasteiger partial charge in [-0.3, -0.25) is 0 Å². The first-order chi connectivity index (χ1) is 6.95. The number of rotatable bonds is 2. The third-order valence-electron chi connectivity index (χ3n) is 3.12. The predicted octanol–water partition coefficient (Wildman–Crippen LogP) is 2.25. The summed E-state index contributed by atoms with van der Waals surface area (Å²) in [6.07, 6.45) is 12.8. The fraction of sp³-hybridized carbons (Fsp3) is 0.833. The maximum atomic E-state index is 5.65. The van der Waals surface area contributed by atoms with Crippen LogP contribution in [0.5, 0.6) is 0 Å². The number of nitrogens with one attached hydrogen (secondary N) is 1. The topological polar surface area (TPSA) is 21.3 Å². The van der Waals surface area contributed by atoms with Gasteiger partial charge in [0.05, 0.1) is 6.10 Å². The van der Waals surface area contributed by atoms with Gasteiger partial charge in [0.25, 0.3) is 0 Å². The molecule has 1 N–H and O–H groups in total. The molecular formula is C12H21NO. The molecule has 0 aromatic carbocycles. The standard InChI is InChI=1S/C12H21NO/c1-3-9-13-11(5-1)7-8-12-6-2-4-10-14-12/h7-8,11-13H,1-6,9-10H2/b8-7+. The summed E-state index contributed by atoms with van der Waals surface area (Å²) in [6.45, 7) is 2.13. The molecule has 2 aliphatic rings. The number of piperidine rings is 1. The maximum absolute atomic E-state index is 5.65. The van der Waals surface area contributed by atoms with Crippen molar-refractivity contribution in [2.75, 3.05) is 13.2 Å². The Balaban J connectivity index is 1.73. The number of hydrogen-bond donors (Lipinski definition) is 1. The van der Waals surface area contributed by atoms with Crippen LogP contribution in [-0.2, 0) is 4.74 Å². The molecule has 2 aliphatic heterocycles. The molecule has 0 aromatic heterocycles. The summed E-state index contributed by atoms with van der Waals surface area (Å²) in [6, 6.07) is 0.606. The van der Waals surface area contributed by atoms with Crippen LogP contribution >= 0.6 is 0 Å². The van der Waals surface area contributed by atoms with E-state index in [0.717, 1.165) is 6.61 Å². The fourth-order valence-electron chi connectivity index (χ4n) is 2.22. The van der Waals surface area contributed by atoms with E-state index in [2.05, 4.69) is 17.5 Å². The second-order valence-corrected chi connectivity index (χ2v) is 4.35. The Bertz CT molecular complexity index is 159. The van der Waals surface area contributed by atoms with Crippen LogP contribution in [0, 0.1) is 0 Å². The fourth-order valence-corrected chi connectivity index (χ4v) is 2.22. The monoisotopic (exact) mass is 195 g/mol. The lowest BCUT2D eigenvalue weighted by Gasteiger charge is -2.23. The normalized spacial score (nSPS) is 34.9. The van der Waals surface area contributed by atoms with E-state index in [1.807, 2.05) is 0 Å². The Morgan fingerprint density at radius 3 is 2.64 bits per heavy atom. The van der Waals surface area contributed by atoms with Crippen LogP contribution in [0.4, 0.5) is 0 Å². The predicted molar refractivity (Wildman–Crippen MR) is 58.4 cm³/mol. The quantitative estimate of drug-likeness (QED) is 0.682. The average molecular weight is 195 g/mol. The highest BCUT2D eigenvalue weighted by Crippen LogP contribution is 2.15. The van der Waals surface area contributed by atoms with E-state index in [4.69, 9.17) is 4.74 Å². The molecule has 14 heavy (non-hydrogen) atoms. The van der Waals surface area contributed by atoms with Gasteiger partial charge in [-0.1, -0.05) is 18.6 Å². The first-order valence-electron chi connectivity index (χ1n) is 5.98. The summed E-state index contributed by atoms with van der Waals surface area (Å²) in [5.41, 5.74) is 0. The highest BCUT2D eigenvalue weighted by Gasteiger charge is 2.12. The molecule has 2 fully saturated rings. The van der Waals surface area contributed by atoms with E-state index in [1.165, 1.54) is 45.1 Å². The number of ether oxygens (including phenoxy) is 1. The van der Waals surface area contributed by atoms with Crippen LogP contribution < -0.4 is 5.32 Å². The van der Waals surface area contributed by atoms with Crippen molar-refractivity contribution in [1.82, 2.24) is 5.32 Å². The Kier molecular flexibility index (Phi) is 4.02. The van der Waals surface area contributed by atoms with Crippen molar-refractivity contribution in [3.8, 4) is 0 Å². The third kappa shape index (κ3) is 3.10. The van der Waals surface area contributed by atoms with Gasteiger partial charge >= 0.3 is 0 Å². The van der Waals surface area contributed by atoms with E-state index >= 15 is 0 Å². The SMILES string of the molecule is C(=C\C1CCCCO1)/C1CCCCN1. The zero-order valence-corrected chi connectivity index (χ0v) is 8.87. The van der Waals surface area contributed by atoms with Crippen molar-refractivity contribution in [2.45, 2.75) is 50.7 Å². The van der Waals surface area contributed by atoms with Gasteiger partial charge in [0.2, 0.25) is 0 Å². The molecule has 2 rings (SSSR count). The van der Waals surface area contributed by atoms with Crippen LogP contribution in [0.1, 0.15) is 38.5 Å². The minimum Gasteiger partial charge on any atom is -0.374 e. The number of hydrogen-bond acceptors (Lipinski definition) is 2.